The number of amides is 1. The molecular weight excluding hydrogens is 263 g/mol. The fourth-order valence-corrected chi connectivity index (χ4v) is 1.96. The number of thiazole rings is 1. The number of aromatic nitrogens is 1. The Morgan fingerprint density at radius 1 is 1.42 bits per heavy atom. The second-order valence-electron chi connectivity index (χ2n) is 3.74. The van der Waals surface area contributed by atoms with E-state index in [-0.39, 0.29) is 18.3 Å². The van der Waals surface area contributed by atoms with Crippen LogP contribution in [0.4, 0.5) is 4.39 Å². The van der Waals surface area contributed by atoms with Crippen LogP contribution in [0.25, 0.3) is 0 Å². The molecule has 1 N–H and O–H groups in total. The van der Waals surface area contributed by atoms with Gasteiger partial charge in [0, 0.05) is 10.9 Å². The fourth-order valence-electron chi connectivity index (χ4n) is 1.36. The average Bonchev–Trinajstić information content (AvgIpc) is 2.83. The van der Waals surface area contributed by atoms with Crippen LogP contribution >= 0.6 is 11.3 Å². The quantitative estimate of drug-likeness (QED) is 0.854. The van der Waals surface area contributed by atoms with Crippen molar-refractivity contribution in [1.82, 2.24) is 10.3 Å². The summed E-state index contributed by atoms with van der Waals surface area (Å²) in [5.74, 6) is 5.10. The molecule has 0 aliphatic carbocycles. The normalized spacial score (nSPS) is 9.58. The smallest absolute Gasteiger partial charge is 0.271 e. The molecule has 0 radical (unpaired) electrons. The fraction of sp³-hybridized carbons (Fsp3) is 0.143. The Morgan fingerprint density at radius 2 is 2.16 bits per heavy atom. The minimum atomic E-state index is -0.294. The highest BCUT2D eigenvalue weighted by atomic mass is 32.1. The lowest BCUT2D eigenvalue weighted by atomic mass is 10.2. The van der Waals surface area contributed by atoms with Gasteiger partial charge in [-0.25, -0.2) is 9.37 Å². The zero-order chi connectivity index (χ0) is 13.7. The van der Waals surface area contributed by atoms with Crippen molar-refractivity contribution in [3.8, 4) is 11.8 Å². The lowest BCUT2D eigenvalue weighted by Crippen LogP contribution is -2.23. The highest BCUT2D eigenvalue weighted by Gasteiger charge is 2.06. The van der Waals surface area contributed by atoms with Crippen LogP contribution in [0.2, 0.25) is 0 Å². The number of carbonyl (C=O) groups is 1. The van der Waals surface area contributed by atoms with Gasteiger partial charge in [0.1, 0.15) is 11.5 Å². The molecule has 0 aliphatic rings. The first-order valence-corrected chi connectivity index (χ1v) is 6.48. The third-order valence-electron chi connectivity index (χ3n) is 2.27. The molecule has 3 nitrogen and oxygen atoms in total. The molecule has 0 atom stereocenters. The number of halogens is 1. The van der Waals surface area contributed by atoms with Gasteiger partial charge in [-0.15, -0.1) is 11.3 Å². The minimum absolute atomic E-state index is 0.229. The maximum absolute atomic E-state index is 12.7. The van der Waals surface area contributed by atoms with E-state index in [4.69, 9.17) is 0 Å². The van der Waals surface area contributed by atoms with Crippen molar-refractivity contribution in [3.63, 3.8) is 0 Å². The van der Waals surface area contributed by atoms with Crippen molar-refractivity contribution in [2.75, 3.05) is 6.54 Å². The monoisotopic (exact) mass is 274 g/mol. The van der Waals surface area contributed by atoms with Gasteiger partial charge in [-0.3, -0.25) is 4.79 Å². The maximum atomic E-state index is 12.7. The molecule has 0 spiro atoms. The number of nitrogens with one attached hydrogen (secondary N) is 1. The maximum Gasteiger partial charge on any atom is 0.271 e. The Labute approximate surface area is 114 Å². The predicted octanol–water partition coefficient (Wildman–Crippen LogP) is 2.37. The van der Waals surface area contributed by atoms with Crippen molar-refractivity contribution in [3.05, 3.63) is 51.7 Å². The van der Waals surface area contributed by atoms with E-state index in [9.17, 15) is 9.18 Å². The molecule has 96 valence electrons. The van der Waals surface area contributed by atoms with E-state index in [1.807, 2.05) is 6.92 Å². The predicted molar refractivity (Wildman–Crippen MR) is 72.5 cm³/mol. The number of aryl methyl sites for hydroxylation is 1. The molecule has 1 amide bonds. The molecule has 0 unspecified atom stereocenters. The molecule has 0 bridgehead atoms. The summed E-state index contributed by atoms with van der Waals surface area (Å²) in [6.07, 6.45) is 0. The summed E-state index contributed by atoms with van der Waals surface area (Å²) in [5, 5.41) is 5.21. The van der Waals surface area contributed by atoms with Crippen molar-refractivity contribution >= 4 is 17.2 Å². The van der Waals surface area contributed by atoms with Gasteiger partial charge < -0.3 is 5.32 Å². The average molecular weight is 274 g/mol. The first-order chi connectivity index (χ1) is 9.15. The molecule has 0 saturated carbocycles. The summed E-state index contributed by atoms with van der Waals surface area (Å²) in [4.78, 5) is 15.7. The second-order valence-corrected chi connectivity index (χ2v) is 4.81. The zero-order valence-electron chi connectivity index (χ0n) is 10.2. The third-order valence-corrected chi connectivity index (χ3v) is 3.04. The number of hydrogen-bond acceptors (Lipinski definition) is 3. The first kappa shape index (κ1) is 13.2. The van der Waals surface area contributed by atoms with Gasteiger partial charge in [-0.1, -0.05) is 11.8 Å². The van der Waals surface area contributed by atoms with Gasteiger partial charge in [0.2, 0.25) is 0 Å². The van der Waals surface area contributed by atoms with Crippen molar-refractivity contribution < 1.29 is 9.18 Å². The van der Waals surface area contributed by atoms with Crippen LogP contribution in [0.1, 0.15) is 21.1 Å². The molecule has 0 fully saturated rings. The molecule has 0 saturated heterocycles. The lowest BCUT2D eigenvalue weighted by Gasteiger charge is -1.96. The highest BCUT2D eigenvalue weighted by molar-refractivity contribution is 7.09. The van der Waals surface area contributed by atoms with Crippen LogP contribution in [0.5, 0.6) is 0 Å². The molecule has 1 aromatic carbocycles. The Morgan fingerprint density at radius 3 is 2.79 bits per heavy atom. The molecule has 5 heteroatoms. The van der Waals surface area contributed by atoms with Gasteiger partial charge in [0.05, 0.1) is 11.6 Å². The summed E-state index contributed by atoms with van der Waals surface area (Å²) in [6.45, 7) is 2.07. The van der Waals surface area contributed by atoms with Gasteiger partial charge in [0.25, 0.3) is 5.91 Å². The van der Waals surface area contributed by atoms with E-state index in [1.165, 1.54) is 23.5 Å². The topological polar surface area (TPSA) is 42.0 Å². The number of benzene rings is 1. The van der Waals surface area contributed by atoms with Crippen LogP contribution in [0.15, 0.2) is 29.6 Å². The SMILES string of the molecule is Cc1nc(C(=O)NCC#Cc2ccc(F)cc2)cs1. The van der Waals surface area contributed by atoms with Crippen molar-refractivity contribution in [1.29, 1.82) is 0 Å². The second kappa shape index (κ2) is 6.12. The van der Waals surface area contributed by atoms with E-state index in [1.54, 1.807) is 17.5 Å². The molecule has 0 aliphatic heterocycles. The first-order valence-electron chi connectivity index (χ1n) is 5.60. The van der Waals surface area contributed by atoms with Crippen molar-refractivity contribution in [2.24, 2.45) is 0 Å². The summed E-state index contributed by atoms with van der Waals surface area (Å²) < 4.78 is 12.7. The van der Waals surface area contributed by atoms with E-state index < -0.39 is 0 Å². The van der Waals surface area contributed by atoms with Crippen LogP contribution in [-0.2, 0) is 0 Å². The van der Waals surface area contributed by atoms with E-state index in [0.29, 0.717) is 11.3 Å². The number of rotatable bonds is 2. The van der Waals surface area contributed by atoms with Gasteiger partial charge in [-0.2, -0.15) is 0 Å². The van der Waals surface area contributed by atoms with Gasteiger partial charge >= 0.3 is 0 Å². The summed E-state index contributed by atoms with van der Waals surface area (Å²) in [7, 11) is 0. The van der Waals surface area contributed by atoms with E-state index >= 15 is 0 Å². The molecule has 19 heavy (non-hydrogen) atoms. The molecule has 1 aromatic heterocycles. The highest BCUT2D eigenvalue weighted by Crippen LogP contribution is 2.07. The molecule has 2 aromatic rings. The summed E-state index contributed by atoms with van der Waals surface area (Å²) >= 11 is 1.43. The Hall–Kier alpha value is -2.19. The molecular formula is C14H11FN2OS. The van der Waals surface area contributed by atoms with Gasteiger partial charge in [-0.05, 0) is 31.2 Å². The summed E-state index contributed by atoms with van der Waals surface area (Å²) in [5.41, 5.74) is 1.12. The number of hydrogen-bond donors (Lipinski definition) is 1. The Balaban J connectivity index is 1.87. The molecule has 1 heterocycles. The third kappa shape index (κ3) is 3.90. The Kier molecular flexibility index (Phi) is 4.26. The number of carbonyl (C=O) groups excluding carboxylic acids is 1. The zero-order valence-corrected chi connectivity index (χ0v) is 11.1. The van der Waals surface area contributed by atoms with Gasteiger partial charge in [0.15, 0.2) is 0 Å². The van der Waals surface area contributed by atoms with Crippen molar-refractivity contribution in [2.45, 2.75) is 6.92 Å². The Bertz CT molecular complexity index is 637. The number of nitrogens with zero attached hydrogens (tertiary/aromatic N) is 1. The molecule has 2 rings (SSSR count). The van der Waals surface area contributed by atoms with Crippen LogP contribution in [0.3, 0.4) is 0 Å². The van der Waals surface area contributed by atoms with Crippen LogP contribution in [-0.4, -0.2) is 17.4 Å². The van der Waals surface area contributed by atoms with Crippen LogP contribution in [0, 0.1) is 24.6 Å². The van der Waals surface area contributed by atoms with E-state index in [0.717, 1.165) is 5.01 Å². The van der Waals surface area contributed by atoms with Crippen LogP contribution < -0.4 is 5.32 Å². The summed E-state index contributed by atoms with van der Waals surface area (Å²) in [6, 6.07) is 5.88. The van der Waals surface area contributed by atoms with E-state index in [2.05, 4.69) is 22.1 Å². The standard InChI is InChI=1S/C14H11FN2OS/c1-10-17-13(9-19-10)14(18)16-8-2-3-11-4-6-12(15)7-5-11/h4-7,9H,8H2,1H3,(H,16,18). The lowest BCUT2D eigenvalue weighted by molar-refractivity contribution is 0.0954. The largest absolute Gasteiger partial charge is 0.340 e. The minimum Gasteiger partial charge on any atom is -0.340 e.